The van der Waals surface area contributed by atoms with E-state index in [9.17, 15) is 13.2 Å². The molecule has 2 aromatic carbocycles. The molecule has 0 saturated carbocycles. The number of nitrogens with one attached hydrogen (secondary N) is 2. The predicted molar refractivity (Wildman–Crippen MR) is 97.4 cm³/mol. The van der Waals surface area contributed by atoms with Gasteiger partial charge in [0.05, 0.1) is 23.3 Å². The number of carbonyl (C=O) groups is 1. The maximum Gasteiger partial charge on any atom is 0.255 e. The summed E-state index contributed by atoms with van der Waals surface area (Å²) < 4.78 is 31.9. The summed E-state index contributed by atoms with van der Waals surface area (Å²) in [5.74, 6) is 0.183. The van der Waals surface area contributed by atoms with E-state index in [2.05, 4.69) is 10.0 Å². The first-order valence-electron chi connectivity index (χ1n) is 7.98. The number of nitriles is 1. The van der Waals surface area contributed by atoms with Gasteiger partial charge in [0.15, 0.2) is 0 Å². The standard InChI is InChI=1S/C18H19N3O4S/c1-2-25-17-7-4-3-6-16(17)21-18(22)14-8-10-15(11-9-14)26(23,24)20-13-5-12-19/h3-4,6-11,20H,2,5,13H2,1H3,(H,21,22). The summed E-state index contributed by atoms with van der Waals surface area (Å²) in [7, 11) is -3.70. The molecule has 0 aliphatic carbocycles. The Kier molecular flexibility index (Phi) is 6.72. The van der Waals surface area contributed by atoms with E-state index in [4.69, 9.17) is 10.00 Å². The van der Waals surface area contributed by atoms with Gasteiger partial charge in [-0.05, 0) is 43.3 Å². The highest BCUT2D eigenvalue weighted by Gasteiger charge is 2.15. The Morgan fingerprint density at radius 1 is 1.15 bits per heavy atom. The fourth-order valence-corrected chi connectivity index (χ4v) is 3.19. The van der Waals surface area contributed by atoms with Crippen molar-refractivity contribution in [1.29, 1.82) is 5.26 Å². The number of hydrogen-bond acceptors (Lipinski definition) is 5. The third kappa shape index (κ3) is 5.05. The Hall–Kier alpha value is -2.89. The molecule has 136 valence electrons. The highest BCUT2D eigenvalue weighted by molar-refractivity contribution is 7.89. The molecule has 8 heteroatoms. The van der Waals surface area contributed by atoms with Crippen molar-refractivity contribution in [3.05, 3.63) is 54.1 Å². The number of nitrogens with zero attached hydrogens (tertiary/aromatic N) is 1. The molecule has 26 heavy (non-hydrogen) atoms. The number of sulfonamides is 1. The number of ether oxygens (including phenoxy) is 1. The molecular weight excluding hydrogens is 354 g/mol. The van der Waals surface area contributed by atoms with Crippen molar-refractivity contribution in [3.8, 4) is 11.8 Å². The zero-order valence-electron chi connectivity index (χ0n) is 14.2. The second-order valence-electron chi connectivity index (χ2n) is 5.21. The van der Waals surface area contributed by atoms with Crippen LogP contribution in [0.3, 0.4) is 0 Å². The van der Waals surface area contributed by atoms with Crippen LogP contribution in [0.25, 0.3) is 0 Å². The Morgan fingerprint density at radius 2 is 1.85 bits per heavy atom. The molecule has 0 aliphatic heterocycles. The molecule has 0 fully saturated rings. The Labute approximate surface area is 152 Å². The Bertz CT molecular complexity index is 903. The smallest absolute Gasteiger partial charge is 0.255 e. The van der Waals surface area contributed by atoms with E-state index in [1.54, 1.807) is 24.3 Å². The molecule has 0 atom stereocenters. The van der Waals surface area contributed by atoms with Crippen molar-refractivity contribution in [2.45, 2.75) is 18.2 Å². The largest absolute Gasteiger partial charge is 0.492 e. The van der Waals surface area contributed by atoms with Gasteiger partial charge in [0.25, 0.3) is 5.91 Å². The number of carbonyl (C=O) groups excluding carboxylic acids is 1. The fourth-order valence-electron chi connectivity index (χ4n) is 2.16. The topological polar surface area (TPSA) is 108 Å². The van der Waals surface area contributed by atoms with E-state index in [0.29, 0.717) is 23.6 Å². The van der Waals surface area contributed by atoms with Gasteiger partial charge in [-0.25, -0.2) is 13.1 Å². The van der Waals surface area contributed by atoms with E-state index in [0.717, 1.165) is 0 Å². The molecule has 2 N–H and O–H groups in total. The average molecular weight is 373 g/mol. The van der Waals surface area contributed by atoms with E-state index in [1.165, 1.54) is 24.3 Å². The fraction of sp³-hybridized carbons (Fsp3) is 0.222. The van der Waals surface area contributed by atoms with Crippen molar-refractivity contribution in [1.82, 2.24) is 4.72 Å². The summed E-state index contributed by atoms with van der Waals surface area (Å²) in [5.41, 5.74) is 0.849. The van der Waals surface area contributed by atoms with Gasteiger partial charge in [-0.2, -0.15) is 5.26 Å². The van der Waals surface area contributed by atoms with Crippen molar-refractivity contribution >= 4 is 21.6 Å². The van der Waals surface area contributed by atoms with Gasteiger partial charge in [0.2, 0.25) is 10.0 Å². The van der Waals surface area contributed by atoms with Crippen LogP contribution >= 0.6 is 0 Å². The number of benzene rings is 2. The van der Waals surface area contributed by atoms with Crippen LogP contribution in [0.15, 0.2) is 53.4 Å². The number of rotatable bonds is 8. The lowest BCUT2D eigenvalue weighted by Crippen LogP contribution is -2.24. The molecule has 0 heterocycles. The zero-order chi connectivity index (χ0) is 19.0. The summed E-state index contributed by atoms with van der Waals surface area (Å²) in [6.07, 6.45) is 0.0823. The van der Waals surface area contributed by atoms with Crippen molar-refractivity contribution in [3.63, 3.8) is 0 Å². The van der Waals surface area contributed by atoms with Crippen LogP contribution < -0.4 is 14.8 Å². The van der Waals surface area contributed by atoms with Gasteiger partial charge in [0, 0.05) is 18.5 Å². The van der Waals surface area contributed by atoms with Crippen molar-refractivity contribution in [2.75, 3.05) is 18.5 Å². The minimum absolute atomic E-state index is 0.0294. The highest BCUT2D eigenvalue weighted by Crippen LogP contribution is 2.24. The number of hydrogen-bond donors (Lipinski definition) is 2. The summed E-state index contributed by atoms with van der Waals surface area (Å²) in [6, 6.07) is 14.5. The maximum absolute atomic E-state index is 12.4. The SMILES string of the molecule is CCOc1ccccc1NC(=O)c1ccc(S(=O)(=O)NCCC#N)cc1. The van der Waals surface area contributed by atoms with Crippen LogP contribution in [0, 0.1) is 11.3 Å². The lowest BCUT2D eigenvalue weighted by molar-refractivity contribution is 0.102. The molecule has 0 bridgehead atoms. The van der Waals surface area contributed by atoms with Crippen LogP contribution in [-0.4, -0.2) is 27.5 Å². The van der Waals surface area contributed by atoms with Crippen molar-refractivity contribution < 1.29 is 17.9 Å². The number of anilines is 1. The van der Waals surface area contributed by atoms with Gasteiger partial charge in [0.1, 0.15) is 5.75 Å². The first-order valence-corrected chi connectivity index (χ1v) is 9.46. The predicted octanol–water partition coefficient (Wildman–Crippen LogP) is 2.53. The van der Waals surface area contributed by atoms with Gasteiger partial charge >= 0.3 is 0 Å². The number of para-hydroxylation sites is 2. The molecule has 0 saturated heterocycles. The third-order valence-corrected chi connectivity index (χ3v) is 4.87. The van der Waals surface area contributed by atoms with E-state index >= 15 is 0 Å². The number of amides is 1. The minimum atomic E-state index is -3.70. The van der Waals surface area contributed by atoms with Crippen LogP contribution in [0.2, 0.25) is 0 Å². The van der Waals surface area contributed by atoms with Crippen molar-refractivity contribution in [2.24, 2.45) is 0 Å². The van der Waals surface area contributed by atoms with Crippen LogP contribution in [0.5, 0.6) is 5.75 Å². The van der Waals surface area contributed by atoms with Gasteiger partial charge in [-0.3, -0.25) is 4.79 Å². The van der Waals surface area contributed by atoms with Gasteiger partial charge in [-0.1, -0.05) is 12.1 Å². The summed E-state index contributed by atoms with van der Waals surface area (Å²) in [6.45, 7) is 2.36. The van der Waals surface area contributed by atoms with E-state index < -0.39 is 10.0 Å². The molecule has 0 unspecified atom stereocenters. The Morgan fingerprint density at radius 3 is 2.50 bits per heavy atom. The normalized spacial score (nSPS) is 10.8. The van der Waals surface area contributed by atoms with Crippen LogP contribution in [-0.2, 0) is 10.0 Å². The Balaban J connectivity index is 2.11. The van der Waals surface area contributed by atoms with E-state index in [-0.39, 0.29) is 23.8 Å². The second-order valence-corrected chi connectivity index (χ2v) is 6.98. The van der Waals surface area contributed by atoms with E-state index in [1.807, 2.05) is 13.0 Å². The maximum atomic E-state index is 12.4. The quantitative estimate of drug-likeness (QED) is 0.691. The van der Waals surface area contributed by atoms with Crippen LogP contribution in [0.4, 0.5) is 5.69 Å². The average Bonchev–Trinajstić information content (AvgIpc) is 2.64. The highest BCUT2D eigenvalue weighted by atomic mass is 32.2. The summed E-state index contributed by atoms with van der Waals surface area (Å²) in [4.78, 5) is 12.4. The molecule has 7 nitrogen and oxygen atoms in total. The molecule has 0 spiro atoms. The molecule has 2 aromatic rings. The molecule has 0 aliphatic rings. The second kappa shape index (κ2) is 8.99. The van der Waals surface area contributed by atoms with Gasteiger partial charge in [-0.15, -0.1) is 0 Å². The molecule has 0 radical (unpaired) electrons. The summed E-state index contributed by atoms with van der Waals surface area (Å²) in [5, 5.41) is 11.2. The minimum Gasteiger partial charge on any atom is -0.492 e. The first kappa shape index (κ1) is 19.4. The third-order valence-electron chi connectivity index (χ3n) is 3.39. The molecular formula is C18H19N3O4S. The molecule has 2 rings (SSSR count). The molecule has 1 amide bonds. The first-order chi connectivity index (χ1) is 12.5. The lowest BCUT2D eigenvalue weighted by Gasteiger charge is -2.11. The summed E-state index contributed by atoms with van der Waals surface area (Å²) >= 11 is 0. The monoisotopic (exact) mass is 373 g/mol. The van der Waals surface area contributed by atoms with Crippen LogP contribution in [0.1, 0.15) is 23.7 Å². The zero-order valence-corrected chi connectivity index (χ0v) is 15.0. The lowest BCUT2D eigenvalue weighted by atomic mass is 10.2. The molecule has 0 aromatic heterocycles. The van der Waals surface area contributed by atoms with Gasteiger partial charge < -0.3 is 10.1 Å².